The molecule has 0 spiro atoms. The molecule has 5 nitrogen and oxygen atoms in total. The second-order valence-corrected chi connectivity index (χ2v) is 7.05. The van der Waals surface area contributed by atoms with Crippen molar-refractivity contribution in [3.05, 3.63) is 65.3 Å². The summed E-state index contributed by atoms with van der Waals surface area (Å²) in [5.41, 5.74) is 2.13. The molecule has 1 fully saturated rings. The van der Waals surface area contributed by atoms with Gasteiger partial charge < -0.3 is 9.32 Å². The van der Waals surface area contributed by atoms with Crippen LogP contribution >= 0.6 is 11.6 Å². The van der Waals surface area contributed by atoms with E-state index >= 15 is 0 Å². The van der Waals surface area contributed by atoms with Gasteiger partial charge in [-0.3, -0.25) is 4.98 Å². The molecule has 0 radical (unpaired) electrons. The zero-order valence-corrected chi connectivity index (χ0v) is 15.3. The fourth-order valence-corrected chi connectivity index (χ4v) is 3.62. The van der Waals surface area contributed by atoms with Gasteiger partial charge in [0.25, 0.3) is 0 Å². The van der Waals surface area contributed by atoms with Crippen molar-refractivity contribution in [1.29, 1.82) is 0 Å². The summed E-state index contributed by atoms with van der Waals surface area (Å²) in [5, 5.41) is 9.33. The van der Waals surface area contributed by atoms with E-state index in [2.05, 4.69) is 26.1 Å². The maximum absolute atomic E-state index is 6.25. The lowest BCUT2D eigenvalue weighted by atomic mass is 9.96. The summed E-state index contributed by atoms with van der Waals surface area (Å²) in [5.74, 6) is 1.67. The molecule has 0 bridgehead atoms. The summed E-state index contributed by atoms with van der Waals surface area (Å²) < 4.78 is 5.90. The quantitative estimate of drug-likeness (QED) is 0.675. The van der Waals surface area contributed by atoms with Gasteiger partial charge >= 0.3 is 0 Å². The van der Waals surface area contributed by atoms with Crippen LogP contribution in [0.3, 0.4) is 0 Å². The average Bonchev–Trinajstić information content (AvgIpc) is 3.19. The highest BCUT2D eigenvalue weighted by molar-refractivity contribution is 6.31. The van der Waals surface area contributed by atoms with E-state index in [9.17, 15) is 0 Å². The van der Waals surface area contributed by atoms with Gasteiger partial charge in [-0.25, -0.2) is 0 Å². The number of likely N-dealkylation sites (tertiary alicyclic amines) is 1. The zero-order valence-electron chi connectivity index (χ0n) is 14.5. The molecule has 3 heterocycles. The third-order valence-electron chi connectivity index (χ3n) is 4.96. The van der Waals surface area contributed by atoms with Gasteiger partial charge in [0.1, 0.15) is 0 Å². The number of hydrogen-bond donors (Lipinski definition) is 0. The Hall–Kier alpha value is -2.24. The van der Waals surface area contributed by atoms with E-state index in [1.54, 1.807) is 12.4 Å². The van der Waals surface area contributed by atoms with Crippen molar-refractivity contribution in [2.75, 3.05) is 19.6 Å². The standard InChI is InChI=1S/C20H21ClN4O/c21-18-4-2-1-3-15(18)7-12-25-13-8-17(9-14-25)20-24-23-19(26-20)16-5-10-22-11-6-16/h1-6,10-11,17H,7-9,12-14H2. The first-order valence-electron chi connectivity index (χ1n) is 8.99. The maximum atomic E-state index is 6.25. The fourth-order valence-electron chi connectivity index (χ4n) is 3.39. The van der Waals surface area contributed by atoms with E-state index in [0.29, 0.717) is 11.8 Å². The van der Waals surface area contributed by atoms with E-state index in [1.165, 1.54) is 5.56 Å². The molecule has 0 aliphatic carbocycles. The molecular formula is C20H21ClN4O. The molecule has 0 unspecified atom stereocenters. The Kier molecular flexibility index (Phi) is 5.27. The lowest BCUT2D eigenvalue weighted by Gasteiger charge is -2.30. The molecule has 26 heavy (non-hydrogen) atoms. The van der Waals surface area contributed by atoms with Crippen molar-refractivity contribution in [3.8, 4) is 11.5 Å². The third kappa shape index (κ3) is 3.94. The van der Waals surface area contributed by atoms with Gasteiger partial charge in [0.15, 0.2) is 0 Å². The second kappa shape index (κ2) is 7.98. The molecule has 1 aromatic carbocycles. The normalized spacial score (nSPS) is 16.0. The van der Waals surface area contributed by atoms with Crippen molar-refractivity contribution in [2.45, 2.75) is 25.2 Å². The van der Waals surface area contributed by atoms with E-state index in [4.69, 9.17) is 16.0 Å². The van der Waals surface area contributed by atoms with Gasteiger partial charge in [-0.2, -0.15) is 0 Å². The van der Waals surface area contributed by atoms with E-state index < -0.39 is 0 Å². The molecule has 134 valence electrons. The molecule has 1 aliphatic rings. The molecule has 1 saturated heterocycles. The summed E-state index contributed by atoms with van der Waals surface area (Å²) in [4.78, 5) is 6.50. The SMILES string of the molecule is Clc1ccccc1CCN1CCC(c2nnc(-c3ccncc3)o2)CC1. The van der Waals surface area contributed by atoms with Crippen LogP contribution in [0.4, 0.5) is 0 Å². The average molecular weight is 369 g/mol. The van der Waals surface area contributed by atoms with Crippen LogP contribution < -0.4 is 0 Å². The van der Waals surface area contributed by atoms with Gasteiger partial charge in [0.2, 0.25) is 11.8 Å². The van der Waals surface area contributed by atoms with Crippen LogP contribution in [0.5, 0.6) is 0 Å². The molecule has 0 amide bonds. The number of pyridine rings is 1. The highest BCUT2D eigenvalue weighted by atomic mass is 35.5. The first-order valence-corrected chi connectivity index (χ1v) is 9.37. The number of aromatic nitrogens is 3. The minimum Gasteiger partial charge on any atom is -0.420 e. The van der Waals surface area contributed by atoms with Crippen LogP contribution in [0.2, 0.25) is 5.02 Å². The van der Waals surface area contributed by atoms with Gasteiger partial charge in [-0.05, 0) is 56.1 Å². The summed E-state index contributed by atoms with van der Waals surface area (Å²) in [7, 11) is 0. The van der Waals surface area contributed by atoms with Gasteiger partial charge in [0, 0.05) is 35.4 Å². The number of benzene rings is 1. The lowest BCUT2D eigenvalue weighted by Crippen LogP contribution is -2.34. The van der Waals surface area contributed by atoms with Crippen LogP contribution in [0, 0.1) is 0 Å². The molecule has 2 aromatic heterocycles. The smallest absolute Gasteiger partial charge is 0.247 e. The van der Waals surface area contributed by atoms with E-state index in [1.807, 2.05) is 30.3 Å². The molecular weight excluding hydrogens is 348 g/mol. The molecule has 0 N–H and O–H groups in total. The summed E-state index contributed by atoms with van der Waals surface area (Å²) in [6, 6.07) is 11.8. The monoisotopic (exact) mass is 368 g/mol. The topological polar surface area (TPSA) is 55.1 Å². The van der Waals surface area contributed by atoms with Crippen molar-refractivity contribution >= 4 is 11.6 Å². The zero-order chi connectivity index (χ0) is 17.8. The highest BCUT2D eigenvalue weighted by Gasteiger charge is 2.25. The first kappa shape index (κ1) is 17.2. The Morgan fingerprint density at radius 1 is 1.04 bits per heavy atom. The highest BCUT2D eigenvalue weighted by Crippen LogP contribution is 2.29. The number of rotatable bonds is 5. The summed E-state index contributed by atoms with van der Waals surface area (Å²) in [6.07, 6.45) is 6.53. The minimum atomic E-state index is 0.342. The van der Waals surface area contributed by atoms with Crippen LogP contribution in [-0.2, 0) is 6.42 Å². The third-order valence-corrected chi connectivity index (χ3v) is 5.33. The van der Waals surface area contributed by atoms with Crippen molar-refractivity contribution in [1.82, 2.24) is 20.1 Å². The van der Waals surface area contributed by atoms with Crippen molar-refractivity contribution in [3.63, 3.8) is 0 Å². The predicted octanol–water partition coefficient (Wildman–Crippen LogP) is 4.21. The van der Waals surface area contributed by atoms with Crippen LogP contribution in [-0.4, -0.2) is 39.7 Å². The Bertz CT molecular complexity index is 844. The van der Waals surface area contributed by atoms with Crippen LogP contribution in [0.1, 0.15) is 30.2 Å². The fraction of sp³-hybridized carbons (Fsp3) is 0.350. The van der Waals surface area contributed by atoms with Crippen molar-refractivity contribution < 1.29 is 4.42 Å². The minimum absolute atomic E-state index is 0.342. The molecule has 0 atom stereocenters. The largest absolute Gasteiger partial charge is 0.420 e. The Morgan fingerprint density at radius 3 is 2.58 bits per heavy atom. The molecule has 4 rings (SSSR count). The number of halogens is 1. The van der Waals surface area contributed by atoms with Crippen molar-refractivity contribution in [2.24, 2.45) is 0 Å². The molecule has 0 saturated carbocycles. The van der Waals surface area contributed by atoms with E-state index in [-0.39, 0.29) is 0 Å². The van der Waals surface area contributed by atoms with Crippen LogP contribution in [0.15, 0.2) is 53.2 Å². The summed E-state index contributed by atoms with van der Waals surface area (Å²) >= 11 is 6.25. The van der Waals surface area contributed by atoms with Gasteiger partial charge in [-0.1, -0.05) is 29.8 Å². The van der Waals surface area contributed by atoms with E-state index in [0.717, 1.165) is 55.4 Å². The second-order valence-electron chi connectivity index (χ2n) is 6.64. The van der Waals surface area contributed by atoms with Crippen LogP contribution in [0.25, 0.3) is 11.5 Å². The van der Waals surface area contributed by atoms with Gasteiger partial charge in [-0.15, -0.1) is 10.2 Å². The predicted molar refractivity (Wildman–Crippen MR) is 101 cm³/mol. The number of nitrogens with zero attached hydrogens (tertiary/aromatic N) is 4. The Morgan fingerprint density at radius 2 is 1.81 bits per heavy atom. The summed E-state index contributed by atoms with van der Waals surface area (Å²) in [6.45, 7) is 3.12. The lowest BCUT2D eigenvalue weighted by molar-refractivity contribution is 0.202. The van der Waals surface area contributed by atoms with Gasteiger partial charge in [0.05, 0.1) is 0 Å². The molecule has 6 heteroatoms. The number of piperidine rings is 1. The Balaban J connectivity index is 1.31. The first-order chi connectivity index (χ1) is 12.8. The molecule has 3 aromatic rings. The number of hydrogen-bond acceptors (Lipinski definition) is 5. The molecule has 1 aliphatic heterocycles. The Labute approximate surface area is 158 Å². The maximum Gasteiger partial charge on any atom is 0.247 e.